The molecule has 0 aliphatic carbocycles. The third-order valence-electron chi connectivity index (χ3n) is 7.87. The Morgan fingerprint density at radius 2 is 2.06 bits per heavy atom. The summed E-state index contributed by atoms with van der Waals surface area (Å²) in [4.78, 5) is 43.8. The van der Waals surface area contributed by atoms with Gasteiger partial charge in [0.15, 0.2) is 0 Å². The average molecular weight is 501 g/mol. The summed E-state index contributed by atoms with van der Waals surface area (Å²) in [6, 6.07) is 8.20. The van der Waals surface area contributed by atoms with Crippen LogP contribution in [0.15, 0.2) is 43.0 Å². The number of rotatable bonds is 12. The first-order valence-corrected chi connectivity index (χ1v) is 13.5. The minimum Gasteiger partial charge on any atom is -0.481 e. The second-order valence-corrected chi connectivity index (χ2v) is 11.5. The number of fused-ring (bicyclic) bond motifs is 1. The normalized spacial score (nSPS) is 29.8. The van der Waals surface area contributed by atoms with Gasteiger partial charge in [-0.1, -0.05) is 56.2 Å². The molecule has 2 bridgehead atoms. The summed E-state index contributed by atoms with van der Waals surface area (Å²) >= 11 is 1.53. The van der Waals surface area contributed by atoms with Crippen molar-refractivity contribution < 1.29 is 24.6 Å². The minimum absolute atomic E-state index is 0.150. The molecular formula is C27H36N2O5S. The predicted octanol–water partition coefficient (Wildman–Crippen LogP) is 2.97. The van der Waals surface area contributed by atoms with Crippen LogP contribution in [0.4, 0.5) is 0 Å². The standard InChI is InChI=1S/C27H36N2O5S/c1-3-5-9-15-28(14-4-2)25(32)23-27-13-12-20(35-27)21(26(33)34)22(27)24(31)29(23)19(17-30)16-18-10-7-6-8-11-18/h4,6-8,10-11,19-23,30H,2-3,5,9,12-17H2,1H3,(H,33,34)/t19-,20-,21+,22+,23?,27?/m1/s1. The molecule has 1 aromatic carbocycles. The van der Waals surface area contributed by atoms with Crippen molar-refractivity contribution >= 4 is 29.5 Å². The van der Waals surface area contributed by atoms with E-state index in [2.05, 4.69) is 13.5 Å². The molecule has 7 nitrogen and oxygen atoms in total. The topological polar surface area (TPSA) is 98.2 Å². The van der Waals surface area contributed by atoms with Gasteiger partial charge in [-0.15, -0.1) is 18.3 Å². The zero-order valence-electron chi connectivity index (χ0n) is 20.3. The molecule has 2 unspecified atom stereocenters. The fourth-order valence-electron chi connectivity index (χ4n) is 6.36. The van der Waals surface area contributed by atoms with Crippen LogP contribution in [0.2, 0.25) is 0 Å². The molecule has 3 heterocycles. The molecular weight excluding hydrogens is 464 g/mol. The van der Waals surface area contributed by atoms with Crippen molar-refractivity contribution in [2.45, 2.75) is 67.5 Å². The second kappa shape index (κ2) is 10.7. The molecule has 8 heteroatoms. The number of carbonyl (C=O) groups excluding carboxylic acids is 2. The van der Waals surface area contributed by atoms with E-state index >= 15 is 0 Å². The lowest BCUT2D eigenvalue weighted by Crippen LogP contribution is -2.58. The van der Waals surface area contributed by atoms with Gasteiger partial charge >= 0.3 is 5.97 Å². The molecule has 3 aliphatic rings. The van der Waals surface area contributed by atoms with Crippen LogP contribution in [0.25, 0.3) is 0 Å². The average Bonchev–Trinajstić information content (AvgIpc) is 3.50. The Morgan fingerprint density at radius 1 is 1.31 bits per heavy atom. The molecule has 2 amide bonds. The summed E-state index contributed by atoms with van der Waals surface area (Å²) in [6.45, 7) is 6.58. The fourth-order valence-corrected chi connectivity index (χ4v) is 8.55. The number of thioether (sulfide) groups is 1. The van der Waals surface area contributed by atoms with Crippen LogP contribution in [-0.2, 0) is 20.8 Å². The number of carbonyl (C=O) groups is 3. The Labute approximate surface area is 211 Å². The second-order valence-electron chi connectivity index (χ2n) is 9.95. The Bertz CT molecular complexity index is 956. The van der Waals surface area contributed by atoms with Gasteiger partial charge in [0.2, 0.25) is 11.8 Å². The number of nitrogens with zero attached hydrogens (tertiary/aromatic N) is 2. The van der Waals surface area contributed by atoms with Crippen molar-refractivity contribution in [1.29, 1.82) is 0 Å². The lowest BCUT2D eigenvalue weighted by atomic mass is 9.71. The summed E-state index contributed by atoms with van der Waals surface area (Å²) in [6.07, 6.45) is 6.29. The molecule has 4 rings (SSSR count). The highest BCUT2D eigenvalue weighted by Crippen LogP contribution is 2.66. The van der Waals surface area contributed by atoms with E-state index in [0.29, 0.717) is 32.4 Å². The molecule has 0 radical (unpaired) electrons. The summed E-state index contributed by atoms with van der Waals surface area (Å²) < 4.78 is -0.768. The molecule has 6 atom stereocenters. The predicted molar refractivity (Wildman–Crippen MR) is 136 cm³/mol. The van der Waals surface area contributed by atoms with E-state index in [4.69, 9.17) is 0 Å². The third kappa shape index (κ3) is 4.51. The van der Waals surface area contributed by atoms with Crippen LogP contribution in [0.3, 0.4) is 0 Å². The zero-order chi connectivity index (χ0) is 25.2. The lowest BCUT2D eigenvalue weighted by molar-refractivity contribution is -0.149. The number of hydrogen-bond acceptors (Lipinski definition) is 5. The Hall–Kier alpha value is -2.32. The van der Waals surface area contributed by atoms with Gasteiger partial charge in [0.1, 0.15) is 6.04 Å². The van der Waals surface area contributed by atoms with Crippen LogP contribution >= 0.6 is 11.8 Å². The largest absolute Gasteiger partial charge is 0.481 e. The van der Waals surface area contributed by atoms with Crippen LogP contribution < -0.4 is 0 Å². The van der Waals surface area contributed by atoms with Crippen molar-refractivity contribution in [3.63, 3.8) is 0 Å². The number of amides is 2. The maximum atomic E-state index is 14.2. The van der Waals surface area contributed by atoms with E-state index in [1.54, 1.807) is 15.9 Å². The van der Waals surface area contributed by atoms with E-state index in [9.17, 15) is 24.6 Å². The van der Waals surface area contributed by atoms with Crippen LogP contribution in [0, 0.1) is 11.8 Å². The number of carboxylic acids is 1. The molecule has 35 heavy (non-hydrogen) atoms. The number of benzene rings is 1. The van der Waals surface area contributed by atoms with Crippen molar-refractivity contribution in [3.8, 4) is 0 Å². The van der Waals surface area contributed by atoms with Crippen molar-refractivity contribution in [1.82, 2.24) is 9.80 Å². The van der Waals surface area contributed by atoms with Crippen LogP contribution in [0.5, 0.6) is 0 Å². The van der Waals surface area contributed by atoms with Gasteiger partial charge in [-0.3, -0.25) is 14.4 Å². The van der Waals surface area contributed by atoms with Crippen LogP contribution in [0.1, 0.15) is 44.6 Å². The molecule has 190 valence electrons. The third-order valence-corrected chi connectivity index (χ3v) is 9.82. The number of carboxylic acid groups (broad SMARTS) is 1. The first-order chi connectivity index (χ1) is 16.9. The number of likely N-dealkylation sites (tertiary alicyclic amines) is 1. The van der Waals surface area contributed by atoms with E-state index in [1.807, 2.05) is 30.3 Å². The highest BCUT2D eigenvalue weighted by molar-refractivity contribution is 8.02. The lowest BCUT2D eigenvalue weighted by Gasteiger charge is -2.39. The summed E-state index contributed by atoms with van der Waals surface area (Å²) in [5.74, 6) is -2.96. The highest BCUT2D eigenvalue weighted by Gasteiger charge is 2.74. The van der Waals surface area contributed by atoms with Crippen molar-refractivity contribution in [3.05, 3.63) is 48.6 Å². The quantitative estimate of drug-likeness (QED) is 0.338. The maximum absolute atomic E-state index is 14.2. The highest BCUT2D eigenvalue weighted by atomic mass is 32.2. The van der Waals surface area contributed by atoms with Crippen molar-refractivity contribution in [2.24, 2.45) is 11.8 Å². The summed E-state index contributed by atoms with van der Waals surface area (Å²) in [5.41, 5.74) is 0.956. The van der Waals surface area contributed by atoms with Gasteiger partial charge in [-0.05, 0) is 31.2 Å². The van der Waals surface area contributed by atoms with E-state index in [0.717, 1.165) is 24.8 Å². The van der Waals surface area contributed by atoms with E-state index in [1.165, 1.54) is 11.8 Å². The number of unbranched alkanes of at least 4 members (excludes halogenated alkanes) is 2. The maximum Gasteiger partial charge on any atom is 0.308 e. The number of aliphatic carboxylic acids is 1. The summed E-state index contributed by atoms with van der Waals surface area (Å²) in [5, 5.41) is 20.3. The van der Waals surface area contributed by atoms with Gasteiger partial charge in [0.25, 0.3) is 0 Å². The first kappa shape index (κ1) is 25.8. The minimum atomic E-state index is -0.968. The SMILES string of the molecule is C=CCN(CCCCC)C(=O)C1N([C@@H](CO)Cc2ccccc2)C(=O)[C@@H]2[C@@H](C(=O)O)[C@H]3CCC12S3. The number of hydrogen-bond donors (Lipinski definition) is 2. The Kier molecular flexibility index (Phi) is 7.91. The molecule has 1 aromatic rings. The van der Waals surface area contributed by atoms with Gasteiger partial charge in [-0.2, -0.15) is 0 Å². The van der Waals surface area contributed by atoms with Crippen LogP contribution in [-0.4, -0.2) is 79.6 Å². The molecule has 1 spiro atoms. The number of aliphatic hydroxyl groups is 1. The zero-order valence-corrected chi connectivity index (χ0v) is 21.2. The molecule has 0 saturated carbocycles. The molecule has 3 fully saturated rings. The Morgan fingerprint density at radius 3 is 2.69 bits per heavy atom. The van der Waals surface area contributed by atoms with Gasteiger partial charge in [-0.25, -0.2) is 0 Å². The molecule has 3 saturated heterocycles. The monoisotopic (exact) mass is 500 g/mol. The molecule has 0 aromatic heterocycles. The smallest absolute Gasteiger partial charge is 0.308 e. The Balaban J connectivity index is 1.74. The molecule has 2 N–H and O–H groups in total. The van der Waals surface area contributed by atoms with Gasteiger partial charge in [0, 0.05) is 18.3 Å². The first-order valence-electron chi connectivity index (χ1n) is 12.7. The van der Waals surface area contributed by atoms with Crippen molar-refractivity contribution in [2.75, 3.05) is 19.7 Å². The molecule has 3 aliphatic heterocycles. The van der Waals surface area contributed by atoms with E-state index < -0.39 is 34.6 Å². The summed E-state index contributed by atoms with van der Waals surface area (Å²) in [7, 11) is 0. The number of aliphatic hydroxyl groups excluding tert-OH is 1. The van der Waals surface area contributed by atoms with Gasteiger partial charge in [0.05, 0.1) is 29.2 Å². The fraction of sp³-hybridized carbons (Fsp3) is 0.593. The van der Waals surface area contributed by atoms with E-state index in [-0.39, 0.29) is 23.7 Å². The van der Waals surface area contributed by atoms with Gasteiger partial charge < -0.3 is 20.0 Å².